The van der Waals surface area contributed by atoms with E-state index in [0.717, 1.165) is 0 Å². The molecule has 0 rings (SSSR count). The maximum Gasteiger partial charge on any atom is 0.325 e. The van der Waals surface area contributed by atoms with Gasteiger partial charge in [0, 0.05) is 11.5 Å². The van der Waals surface area contributed by atoms with Crippen molar-refractivity contribution >= 4 is 5.97 Å². The van der Waals surface area contributed by atoms with Crippen LogP contribution in [-0.2, 0) is 175 Å². The Kier molecular flexibility index (Phi) is 105. The Balaban J connectivity index is 3.11. The molecule has 0 saturated heterocycles. The highest BCUT2D eigenvalue weighted by molar-refractivity contribution is 5.75. The lowest BCUT2D eigenvalue weighted by Gasteiger charge is -2.10. The van der Waals surface area contributed by atoms with Gasteiger partial charge in [-0.25, -0.2) is 0 Å². The molecule has 0 aliphatic heterocycles. The van der Waals surface area contributed by atoms with Crippen molar-refractivity contribution in [3.05, 3.63) is 10.4 Å². The van der Waals surface area contributed by atoms with Gasteiger partial charge in [0.2, 0.25) is 0 Å². The van der Waals surface area contributed by atoms with Gasteiger partial charge in [0.25, 0.3) is 0 Å². The smallest absolute Gasteiger partial charge is 0.325 e. The predicted molar refractivity (Wildman–Crippen MR) is 413 cm³/mol. The normalized spacial score (nSPS) is 11.9. The van der Waals surface area contributed by atoms with Gasteiger partial charge in [0.15, 0.2) is 0 Å². The standard InChI is InChI=1S/C74H148N4O37/c1-80-74(79)73(75)72-115-71-70-114-69-68-113-67-66-112-65-64-111-63-62-110-61-60-109-59-58-108-57-56-107-55-54-106-53-52-105-51-50-104-49-48-103-47-46-102-45-44-101-43-42-100-41-40-99-39-38-98-37-36-97-35-34-96-33-32-95-31-30-94-29-28-93-27-26-92-25-24-91-23-22-90-21-20-89-19-18-88-17-16-87-15-14-86-13-12-85-11-10-84-9-8-83-7-6-82-5-4-81-3-2-77-78-76/h73H,2-72,75H2,1H3/t73-/m0/s1. The van der Waals surface area contributed by atoms with Crippen LogP contribution in [0.4, 0.5) is 0 Å². The fourth-order valence-corrected chi connectivity index (χ4v) is 8.06. The third kappa shape index (κ3) is 105. The lowest BCUT2D eigenvalue weighted by molar-refractivity contribution is -0.143. The minimum absolute atomic E-state index is 0.0814. The van der Waals surface area contributed by atoms with Gasteiger partial charge in [0.05, 0.1) is 470 Å². The number of hydrogen-bond acceptors (Lipinski definition) is 39. The second-order valence-electron chi connectivity index (χ2n) is 23.0. The van der Waals surface area contributed by atoms with Crippen molar-refractivity contribution in [3.63, 3.8) is 0 Å². The number of rotatable bonds is 108. The summed E-state index contributed by atoms with van der Waals surface area (Å²) in [7, 11) is 1.28. The molecule has 0 unspecified atom stereocenters. The first-order valence-electron chi connectivity index (χ1n) is 40.3. The number of nitrogens with zero attached hydrogens (tertiary/aromatic N) is 3. The second-order valence-corrected chi connectivity index (χ2v) is 23.0. The number of azide groups is 1. The van der Waals surface area contributed by atoms with Gasteiger partial charge in [0.1, 0.15) is 6.04 Å². The maximum absolute atomic E-state index is 11.2. The van der Waals surface area contributed by atoms with Gasteiger partial charge < -0.3 is 176 Å². The molecule has 115 heavy (non-hydrogen) atoms. The van der Waals surface area contributed by atoms with E-state index in [-0.39, 0.29) is 6.61 Å². The summed E-state index contributed by atoms with van der Waals surface area (Å²) in [5.74, 6) is -0.512. The van der Waals surface area contributed by atoms with E-state index in [1.807, 2.05) is 0 Å². The number of esters is 1. The van der Waals surface area contributed by atoms with Gasteiger partial charge in [-0.15, -0.1) is 0 Å². The molecule has 686 valence electrons. The molecule has 0 spiro atoms. The number of hydrogen-bond donors (Lipinski definition) is 1. The van der Waals surface area contributed by atoms with Gasteiger partial charge in [-0.05, 0) is 5.53 Å². The molecule has 0 aromatic rings. The maximum atomic E-state index is 11.2. The lowest BCUT2D eigenvalue weighted by atomic mass is 10.3. The highest BCUT2D eigenvalue weighted by atomic mass is 16.6. The van der Waals surface area contributed by atoms with Crippen molar-refractivity contribution in [1.29, 1.82) is 0 Å². The van der Waals surface area contributed by atoms with Crippen molar-refractivity contribution in [2.75, 3.05) is 476 Å². The second kappa shape index (κ2) is 107. The number of methoxy groups -OCH3 is 1. The molecule has 0 aromatic carbocycles. The van der Waals surface area contributed by atoms with Crippen molar-refractivity contribution < 1.29 is 175 Å². The summed E-state index contributed by atoms with van der Waals surface area (Å²) >= 11 is 0. The monoisotopic (exact) mass is 1680 g/mol. The van der Waals surface area contributed by atoms with Crippen molar-refractivity contribution in [2.45, 2.75) is 6.04 Å². The van der Waals surface area contributed by atoms with Crippen LogP contribution in [0, 0.1) is 0 Å². The van der Waals surface area contributed by atoms with E-state index in [9.17, 15) is 4.79 Å². The first-order chi connectivity index (χ1) is 57.2. The van der Waals surface area contributed by atoms with Crippen LogP contribution < -0.4 is 5.73 Å². The van der Waals surface area contributed by atoms with Gasteiger partial charge in [-0.3, -0.25) is 4.79 Å². The predicted octanol–water partition coefficient (Wildman–Crippen LogP) is 0.378. The Morgan fingerprint density at radius 3 is 0.391 bits per heavy atom. The van der Waals surface area contributed by atoms with Crippen LogP contribution in [0.3, 0.4) is 0 Å². The first-order valence-corrected chi connectivity index (χ1v) is 40.3. The zero-order chi connectivity index (χ0) is 82.2. The Bertz CT molecular complexity index is 1820. The molecule has 0 radical (unpaired) electrons. The first kappa shape index (κ1) is 112. The molecule has 0 bridgehead atoms. The van der Waals surface area contributed by atoms with Gasteiger partial charge >= 0.3 is 5.97 Å². The van der Waals surface area contributed by atoms with Crippen LogP contribution >= 0.6 is 0 Å². The van der Waals surface area contributed by atoms with Gasteiger partial charge in [-0.1, -0.05) is 5.11 Å². The fraction of sp³-hybridized carbons (Fsp3) is 0.986. The van der Waals surface area contributed by atoms with E-state index in [2.05, 4.69) is 14.8 Å². The van der Waals surface area contributed by atoms with Crippen LogP contribution in [0.15, 0.2) is 5.11 Å². The Morgan fingerprint density at radius 1 is 0.200 bits per heavy atom. The summed E-state index contributed by atoms with van der Waals surface area (Å²) in [6.45, 7) is 32.6. The van der Waals surface area contributed by atoms with Crippen LogP contribution in [-0.4, -0.2) is 488 Å². The van der Waals surface area contributed by atoms with E-state index < -0.39 is 12.0 Å². The molecule has 41 nitrogen and oxygen atoms in total. The summed E-state index contributed by atoms with van der Waals surface area (Å²) < 4.78 is 197. The largest absolute Gasteiger partial charge is 0.468 e. The van der Waals surface area contributed by atoms with Crippen LogP contribution in [0.5, 0.6) is 0 Å². The van der Waals surface area contributed by atoms with Crippen LogP contribution in [0.2, 0.25) is 0 Å². The topological polar surface area (TPSA) is 424 Å². The van der Waals surface area contributed by atoms with Crippen molar-refractivity contribution in [2.24, 2.45) is 10.8 Å². The number of carbonyl (C=O) groups is 1. The minimum Gasteiger partial charge on any atom is -0.468 e. The summed E-state index contributed by atoms with van der Waals surface area (Å²) in [4.78, 5) is 13.8. The van der Waals surface area contributed by atoms with Crippen LogP contribution in [0.1, 0.15) is 0 Å². The third-order valence-corrected chi connectivity index (χ3v) is 13.8. The minimum atomic E-state index is -0.795. The molecule has 41 heteroatoms. The van der Waals surface area contributed by atoms with Gasteiger partial charge in [-0.2, -0.15) is 0 Å². The quantitative estimate of drug-likeness (QED) is 0.0283. The Labute approximate surface area is 682 Å². The lowest BCUT2D eigenvalue weighted by Crippen LogP contribution is -2.36. The molecule has 0 heterocycles. The summed E-state index contributed by atoms with van der Waals surface area (Å²) in [6, 6.07) is -0.795. The van der Waals surface area contributed by atoms with Crippen LogP contribution in [0.25, 0.3) is 10.4 Å². The summed E-state index contributed by atoms with van der Waals surface area (Å²) in [5, 5.41) is 3.38. The highest BCUT2D eigenvalue weighted by Crippen LogP contribution is 1.95. The van der Waals surface area contributed by atoms with E-state index in [4.69, 9.17) is 177 Å². The SMILES string of the molecule is COC(=O)[C@@H](N)COCCOCCOCCOCCOCCOCCOCCOCCOCCOCCOCCOCCOCCOCCOCCOCCOCCOCCOCCOCCOCCOCCOCCOCCOCCOCCOCCOCCOCCOCCOCCOCCOCCOCCOCCN=[N+]=[N-]. The zero-order valence-corrected chi connectivity index (χ0v) is 69.3. The number of nitrogens with two attached hydrogens (primary N) is 1. The zero-order valence-electron chi connectivity index (χ0n) is 69.3. The number of ether oxygens (including phenoxy) is 36. The molecule has 0 aliphatic carbocycles. The number of carbonyl (C=O) groups excluding carboxylic acids is 1. The molecule has 2 N–H and O–H groups in total. The van der Waals surface area contributed by atoms with E-state index >= 15 is 0 Å². The summed E-state index contributed by atoms with van der Waals surface area (Å²) in [5.41, 5.74) is 13.8. The molecular formula is C74H148N4O37. The van der Waals surface area contributed by atoms with Crippen molar-refractivity contribution in [1.82, 2.24) is 0 Å². The highest BCUT2D eigenvalue weighted by Gasteiger charge is 2.13. The van der Waals surface area contributed by atoms with E-state index in [0.29, 0.717) is 462 Å². The average molecular weight is 1690 g/mol. The average Bonchev–Trinajstić information content (AvgIpc) is 1.02. The Hall–Kier alpha value is -2.66. The van der Waals surface area contributed by atoms with E-state index in [1.54, 1.807) is 0 Å². The Morgan fingerprint density at radius 2 is 0.296 bits per heavy atom. The molecule has 0 aromatic heterocycles. The molecular weight excluding hydrogens is 1540 g/mol. The third-order valence-electron chi connectivity index (χ3n) is 13.8. The molecule has 0 saturated carbocycles. The molecule has 0 amide bonds. The summed E-state index contributed by atoms with van der Waals surface area (Å²) in [6.07, 6.45) is 0. The van der Waals surface area contributed by atoms with Crippen molar-refractivity contribution in [3.8, 4) is 0 Å². The molecule has 1 atom stereocenters. The fourth-order valence-electron chi connectivity index (χ4n) is 8.06. The molecule has 0 aliphatic rings. The van der Waals surface area contributed by atoms with E-state index in [1.165, 1.54) is 7.11 Å². The molecule has 0 fully saturated rings.